The Bertz CT molecular complexity index is 474. The highest BCUT2D eigenvalue weighted by atomic mass is 32.2. The summed E-state index contributed by atoms with van der Waals surface area (Å²) < 4.78 is 25.9. The van der Waals surface area contributed by atoms with Crippen LogP contribution in [0.25, 0.3) is 0 Å². The lowest BCUT2D eigenvalue weighted by Crippen LogP contribution is -1.90. The van der Waals surface area contributed by atoms with Gasteiger partial charge in [0.15, 0.2) is 0 Å². The van der Waals surface area contributed by atoms with Crippen molar-refractivity contribution in [2.45, 2.75) is 19.3 Å². The van der Waals surface area contributed by atoms with Crippen molar-refractivity contribution < 1.29 is 23.0 Å². The first-order chi connectivity index (χ1) is 8.74. The smallest absolute Gasteiger partial charge is 0.269 e. The molecule has 8 heteroatoms. The number of nitro benzene ring substituents is 1. The minimum Gasteiger partial charge on any atom is -0.396 e. The van der Waals surface area contributed by atoms with Crippen LogP contribution in [0.4, 0.5) is 5.69 Å². The van der Waals surface area contributed by atoms with Gasteiger partial charge >= 0.3 is 0 Å². The van der Waals surface area contributed by atoms with Crippen LogP contribution >= 0.6 is 0 Å². The topological polar surface area (TPSA) is 118 Å². The van der Waals surface area contributed by atoms with Crippen LogP contribution in [-0.4, -0.2) is 35.9 Å². The monoisotopic (exact) mass is 291 g/mol. The van der Waals surface area contributed by atoms with Crippen molar-refractivity contribution in [3.63, 3.8) is 0 Å². The van der Waals surface area contributed by atoms with Crippen LogP contribution < -0.4 is 0 Å². The fraction of sp³-hybridized carbons (Fsp3) is 0.455. The summed E-state index contributed by atoms with van der Waals surface area (Å²) in [5.74, 6) is 0. The number of nitro groups is 1. The lowest BCUT2D eigenvalue weighted by Gasteiger charge is -1.99. The van der Waals surface area contributed by atoms with Gasteiger partial charge in [-0.25, -0.2) is 0 Å². The molecule has 0 atom stereocenters. The number of unbranched alkanes of at least 4 members (excludes halogenated alkanes) is 1. The van der Waals surface area contributed by atoms with E-state index in [1.54, 1.807) is 12.1 Å². The maximum atomic E-state index is 10.3. The van der Waals surface area contributed by atoms with Crippen molar-refractivity contribution in [3.8, 4) is 0 Å². The Morgan fingerprint density at radius 1 is 1.21 bits per heavy atom. The predicted molar refractivity (Wildman–Crippen MR) is 70.6 cm³/mol. The molecule has 0 aromatic heterocycles. The predicted octanol–water partition coefficient (Wildman–Crippen LogP) is 1.41. The summed E-state index contributed by atoms with van der Waals surface area (Å²) in [6.45, 7) is 0.201. The van der Waals surface area contributed by atoms with Gasteiger partial charge in [0.1, 0.15) is 0 Å². The van der Waals surface area contributed by atoms with E-state index in [1.165, 1.54) is 12.1 Å². The normalized spacial score (nSPS) is 10.5. The van der Waals surface area contributed by atoms with Crippen LogP contribution in [0.2, 0.25) is 0 Å². The molecular weight excluding hydrogens is 274 g/mol. The van der Waals surface area contributed by atoms with E-state index in [0.29, 0.717) is 6.26 Å². The van der Waals surface area contributed by atoms with Crippen molar-refractivity contribution in [3.05, 3.63) is 39.9 Å². The van der Waals surface area contributed by atoms with Gasteiger partial charge in [-0.15, -0.1) is 0 Å². The van der Waals surface area contributed by atoms with Crippen molar-refractivity contribution in [1.82, 2.24) is 0 Å². The van der Waals surface area contributed by atoms with Crippen LogP contribution in [0, 0.1) is 10.1 Å². The molecule has 1 aromatic rings. The van der Waals surface area contributed by atoms with Crippen molar-refractivity contribution in [2.24, 2.45) is 0 Å². The van der Waals surface area contributed by atoms with Gasteiger partial charge in [0, 0.05) is 18.7 Å². The summed E-state index contributed by atoms with van der Waals surface area (Å²) in [6, 6.07) is 6.54. The third kappa shape index (κ3) is 11.3. The molecule has 0 aliphatic rings. The minimum atomic E-state index is -3.67. The number of non-ortho nitro benzene ring substituents is 1. The van der Waals surface area contributed by atoms with Crippen molar-refractivity contribution in [2.75, 3.05) is 12.9 Å². The molecule has 0 spiro atoms. The number of hydrogen-bond donors (Lipinski definition) is 2. The molecule has 0 radical (unpaired) electrons. The molecule has 2 N–H and O–H groups in total. The standard InChI is InChI=1S/C10H13NO3.CH4O3S/c12-8-2-1-3-9-4-6-10(7-5-9)11(13)14;1-5(2,3)4/h4-7,12H,1-3,8H2;1H3,(H,2,3,4). The molecule has 19 heavy (non-hydrogen) atoms. The number of aryl methyl sites for hydroxylation is 1. The van der Waals surface area contributed by atoms with E-state index in [1.807, 2.05) is 0 Å². The zero-order valence-electron chi connectivity index (χ0n) is 10.5. The van der Waals surface area contributed by atoms with E-state index in [4.69, 9.17) is 9.66 Å². The van der Waals surface area contributed by atoms with Crippen molar-refractivity contribution in [1.29, 1.82) is 0 Å². The van der Waals surface area contributed by atoms with E-state index in [2.05, 4.69) is 0 Å². The lowest BCUT2D eigenvalue weighted by molar-refractivity contribution is -0.384. The highest BCUT2D eigenvalue weighted by molar-refractivity contribution is 7.85. The minimum absolute atomic E-state index is 0.121. The largest absolute Gasteiger partial charge is 0.396 e. The summed E-state index contributed by atoms with van der Waals surface area (Å²) in [6.07, 6.45) is 3.26. The van der Waals surface area contributed by atoms with Crippen molar-refractivity contribution >= 4 is 15.8 Å². The molecule has 1 aromatic carbocycles. The summed E-state index contributed by atoms with van der Waals surface area (Å²) in [5, 5.41) is 18.9. The first-order valence-electron chi connectivity index (χ1n) is 5.50. The molecule has 1 rings (SSSR count). The quantitative estimate of drug-likeness (QED) is 0.366. The SMILES string of the molecule is CS(=O)(=O)O.O=[N+]([O-])c1ccc(CCCCO)cc1. The molecular formula is C11H17NO6S. The van der Waals surface area contributed by atoms with E-state index in [0.717, 1.165) is 24.8 Å². The first-order valence-corrected chi connectivity index (χ1v) is 7.35. The molecule has 0 bridgehead atoms. The van der Waals surface area contributed by atoms with Gasteiger partial charge in [-0.05, 0) is 24.8 Å². The Kier molecular flexibility index (Phi) is 7.89. The number of benzene rings is 1. The Morgan fingerprint density at radius 2 is 1.68 bits per heavy atom. The van der Waals surface area contributed by atoms with Gasteiger partial charge in [0.05, 0.1) is 11.2 Å². The molecule has 0 amide bonds. The van der Waals surface area contributed by atoms with Gasteiger partial charge in [0.2, 0.25) is 0 Å². The third-order valence-electron chi connectivity index (χ3n) is 2.02. The Hall–Kier alpha value is -1.51. The molecule has 7 nitrogen and oxygen atoms in total. The number of aliphatic hydroxyl groups is 1. The van der Waals surface area contributed by atoms with Gasteiger partial charge in [0.25, 0.3) is 15.8 Å². The average molecular weight is 291 g/mol. The molecule has 0 aliphatic heterocycles. The molecule has 0 saturated carbocycles. The Morgan fingerprint density at radius 3 is 2.05 bits per heavy atom. The number of hydrogen-bond acceptors (Lipinski definition) is 5. The Labute approximate surface area is 111 Å². The second-order valence-electron chi connectivity index (χ2n) is 3.84. The third-order valence-corrected chi connectivity index (χ3v) is 2.02. The summed E-state index contributed by atoms with van der Waals surface area (Å²) in [4.78, 5) is 9.94. The van der Waals surface area contributed by atoms with Crippen LogP contribution in [-0.2, 0) is 16.5 Å². The highest BCUT2D eigenvalue weighted by Gasteiger charge is 2.03. The molecule has 108 valence electrons. The second-order valence-corrected chi connectivity index (χ2v) is 5.30. The van der Waals surface area contributed by atoms with E-state index in [-0.39, 0.29) is 12.3 Å². The zero-order valence-corrected chi connectivity index (χ0v) is 11.3. The van der Waals surface area contributed by atoms with Crippen LogP contribution in [0.3, 0.4) is 0 Å². The maximum Gasteiger partial charge on any atom is 0.269 e. The Balaban J connectivity index is 0.000000555. The summed E-state index contributed by atoms with van der Waals surface area (Å²) >= 11 is 0. The fourth-order valence-electron chi connectivity index (χ4n) is 1.23. The number of aliphatic hydroxyl groups excluding tert-OH is 1. The van der Waals surface area contributed by atoms with Gasteiger partial charge < -0.3 is 5.11 Å². The molecule has 0 fully saturated rings. The summed E-state index contributed by atoms with van der Waals surface area (Å²) in [7, 11) is -3.67. The highest BCUT2D eigenvalue weighted by Crippen LogP contribution is 2.13. The fourth-order valence-corrected chi connectivity index (χ4v) is 1.23. The zero-order chi connectivity index (χ0) is 14.9. The summed E-state index contributed by atoms with van der Waals surface area (Å²) in [5.41, 5.74) is 1.19. The number of nitrogens with zero attached hydrogens (tertiary/aromatic N) is 1. The van der Waals surface area contributed by atoms with Gasteiger partial charge in [-0.2, -0.15) is 8.42 Å². The average Bonchev–Trinajstić information content (AvgIpc) is 2.28. The van der Waals surface area contributed by atoms with E-state index in [9.17, 15) is 18.5 Å². The number of rotatable bonds is 5. The molecule has 0 unspecified atom stereocenters. The van der Waals surface area contributed by atoms with Crippen LogP contribution in [0.1, 0.15) is 18.4 Å². The maximum absolute atomic E-state index is 10.3. The molecule has 0 saturated heterocycles. The molecule has 0 aliphatic carbocycles. The van der Waals surface area contributed by atoms with E-state index >= 15 is 0 Å². The second kappa shape index (κ2) is 8.57. The van der Waals surface area contributed by atoms with E-state index < -0.39 is 15.0 Å². The molecule has 0 heterocycles. The lowest BCUT2D eigenvalue weighted by atomic mass is 10.1. The van der Waals surface area contributed by atoms with Gasteiger partial charge in [-0.3, -0.25) is 14.7 Å². The van der Waals surface area contributed by atoms with Crippen LogP contribution in [0.5, 0.6) is 0 Å². The first kappa shape index (κ1) is 17.5. The van der Waals surface area contributed by atoms with Crippen LogP contribution in [0.15, 0.2) is 24.3 Å². The van der Waals surface area contributed by atoms with Gasteiger partial charge in [-0.1, -0.05) is 12.1 Å².